The van der Waals surface area contributed by atoms with Crippen LogP contribution in [0.15, 0.2) is 144 Å². The highest BCUT2D eigenvalue weighted by Crippen LogP contribution is 2.37. The van der Waals surface area contributed by atoms with Crippen molar-refractivity contribution in [3.05, 3.63) is 140 Å². The van der Waals surface area contributed by atoms with Crippen LogP contribution in [-0.2, 0) is 0 Å². The first kappa shape index (κ1) is 21.0. The molecule has 0 saturated heterocycles. The number of hydrogen-bond donors (Lipinski definition) is 0. The van der Waals surface area contributed by atoms with Gasteiger partial charge >= 0.3 is 0 Å². The monoisotopic (exact) mass is 485 g/mol. The van der Waals surface area contributed by atoms with Crippen LogP contribution in [0.25, 0.3) is 71.7 Å². The Morgan fingerprint density at radius 2 is 1.03 bits per heavy atom. The largest absolute Gasteiger partial charge is 0.455 e. The molecule has 0 amide bonds. The maximum atomic E-state index is 6.31. The summed E-state index contributed by atoms with van der Waals surface area (Å²) in [6, 6.07) is 49.5. The van der Waals surface area contributed by atoms with E-state index < -0.39 is 0 Å². The van der Waals surface area contributed by atoms with Crippen molar-refractivity contribution in [1.29, 1.82) is 0 Å². The minimum Gasteiger partial charge on any atom is -0.455 e. The van der Waals surface area contributed by atoms with Gasteiger partial charge in [0.25, 0.3) is 0 Å². The zero-order valence-corrected chi connectivity index (χ0v) is 20.6. The van der Waals surface area contributed by atoms with Gasteiger partial charge in [-0.1, -0.05) is 103 Å². The highest BCUT2D eigenvalue weighted by atomic mass is 16.3. The average Bonchev–Trinajstić information content (AvgIpc) is 3.53. The second kappa shape index (κ2) is 8.22. The third-order valence-corrected chi connectivity index (χ3v) is 7.62. The van der Waals surface area contributed by atoms with Gasteiger partial charge in [0.15, 0.2) is 0 Å². The average molecular weight is 486 g/mol. The Morgan fingerprint density at radius 1 is 0.421 bits per heavy atom. The van der Waals surface area contributed by atoms with Gasteiger partial charge in [0.2, 0.25) is 0 Å². The number of hydrogen-bond acceptors (Lipinski definition) is 1. The summed E-state index contributed by atoms with van der Waals surface area (Å²) in [7, 11) is 0. The third-order valence-electron chi connectivity index (χ3n) is 7.62. The molecule has 178 valence electrons. The summed E-state index contributed by atoms with van der Waals surface area (Å²) in [6.45, 7) is 0. The van der Waals surface area contributed by atoms with E-state index in [2.05, 4.69) is 132 Å². The van der Waals surface area contributed by atoms with Gasteiger partial charge in [-0.3, -0.25) is 0 Å². The van der Waals surface area contributed by atoms with Crippen molar-refractivity contribution in [3.8, 4) is 27.9 Å². The second-order valence-corrected chi connectivity index (χ2v) is 9.78. The van der Waals surface area contributed by atoms with Crippen molar-refractivity contribution in [2.45, 2.75) is 0 Å². The van der Waals surface area contributed by atoms with Crippen LogP contribution >= 0.6 is 0 Å². The number of para-hydroxylation sites is 4. The molecule has 2 aromatic heterocycles. The van der Waals surface area contributed by atoms with E-state index in [0.717, 1.165) is 38.8 Å². The molecule has 2 nitrogen and oxygen atoms in total. The van der Waals surface area contributed by atoms with E-state index in [9.17, 15) is 0 Å². The molecule has 0 fully saturated rings. The molecular weight excluding hydrogens is 462 g/mol. The van der Waals surface area contributed by atoms with Gasteiger partial charge in [0.1, 0.15) is 11.2 Å². The van der Waals surface area contributed by atoms with Crippen molar-refractivity contribution in [3.63, 3.8) is 0 Å². The first-order valence-electron chi connectivity index (χ1n) is 12.9. The molecule has 0 radical (unpaired) electrons. The van der Waals surface area contributed by atoms with Crippen LogP contribution in [0, 0.1) is 0 Å². The fraction of sp³-hybridized carbons (Fsp3) is 0. The number of nitrogens with zero attached hydrogens (tertiary/aromatic N) is 1. The van der Waals surface area contributed by atoms with E-state index >= 15 is 0 Å². The molecule has 0 aliphatic rings. The van der Waals surface area contributed by atoms with E-state index in [1.54, 1.807) is 0 Å². The van der Waals surface area contributed by atoms with Gasteiger partial charge in [-0.2, -0.15) is 0 Å². The van der Waals surface area contributed by atoms with Crippen molar-refractivity contribution in [2.75, 3.05) is 0 Å². The van der Waals surface area contributed by atoms with Crippen LogP contribution in [0.2, 0.25) is 0 Å². The summed E-state index contributed by atoms with van der Waals surface area (Å²) in [4.78, 5) is 0. The Morgan fingerprint density at radius 3 is 1.79 bits per heavy atom. The minimum absolute atomic E-state index is 0.923. The van der Waals surface area contributed by atoms with Crippen LogP contribution in [0.1, 0.15) is 0 Å². The van der Waals surface area contributed by atoms with E-state index in [4.69, 9.17) is 4.42 Å². The maximum Gasteiger partial charge on any atom is 0.143 e. The van der Waals surface area contributed by atoms with Crippen molar-refractivity contribution in [1.82, 2.24) is 4.57 Å². The van der Waals surface area contributed by atoms with Crippen molar-refractivity contribution in [2.24, 2.45) is 0 Å². The van der Waals surface area contributed by atoms with Crippen LogP contribution in [0.3, 0.4) is 0 Å². The maximum absolute atomic E-state index is 6.31. The number of aromatic nitrogens is 1. The van der Waals surface area contributed by atoms with Crippen molar-refractivity contribution < 1.29 is 4.42 Å². The number of benzene rings is 6. The lowest BCUT2D eigenvalue weighted by Crippen LogP contribution is -1.93. The van der Waals surface area contributed by atoms with E-state index in [0.29, 0.717) is 0 Å². The summed E-state index contributed by atoms with van der Waals surface area (Å²) in [6.07, 6.45) is 0. The fourth-order valence-corrected chi connectivity index (χ4v) is 5.84. The summed E-state index contributed by atoms with van der Waals surface area (Å²) in [5.74, 6) is 0. The van der Waals surface area contributed by atoms with Crippen LogP contribution in [0.4, 0.5) is 0 Å². The Labute approximate surface area is 220 Å². The lowest BCUT2D eigenvalue weighted by Gasteiger charge is -2.10. The molecule has 0 aliphatic carbocycles. The summed E-state index contributed by atoms with van der Waals surface area (Å²) in [5, 5.41) is 4.86. The highest BCUT2D eigenvalue weighted by Gasteiger charge is 2.14. The number of rotatable bonds is 3. The van der Waals surface area contributed by atoms with E-state index in [-0.39, 0.29) is 0 Å². The fourth-order valence-electron chi connectivity index (χ4n) is 5.84. The van der Waals surface area contributed by atoms with Crippen LogP contribution in [-0.4, -0.2) is 4.57 Å². The predicted octanol–water partition coefficient (Wildman–Crippen LogP) is 10.0. The van der Waals surface area contributed by atoms with E-state index in [1.165, 1.54) is 32.9 Å². The molecule has 38 heavy (non-hydrogen) atoms. The SMILES string of the molecule is c1cc(-c2ccc(-n3c4ccccc4c4ccccc43)cc2)cc(-c2cccc3c2oc2ccccc23)c1. The molecule has 0 atom stereocenters. The minimum atomic E-state index is 0.923. The molecule has 0 unspecified atom stereocenters. The topological polar surface area (TPSA) is 18.1 Å². The van der Waals surface area contributed by atoms with Crippen LogP contribution in [0.5, 0.6) is 0 Å². The van der Waals surface area contributed by atoms with Crippen LogP contribution < -0.4 is 0 Å². The summed E-state index contributed by atoms with van der Waals surface area (Å²) < 4.78 is 8.66. The molecular formula is C36H23NO. The standard InChI is InChI=1S/C36H23NO/c1-4-16-33-29(11-1)30-12-2-5-17-34(30)37(33)27-21-19-24(20-22-27)25-9-7-10-26(23-25)28-14-8-15-32-31-13-3-6-18-35(31)38-36(28)32/h1-23H. The Hall–Kier alpha value is -5.08. The lowest BCUT2D eigenvalue weighted by atomic mass is 9.97. The second-order valence-electron chi connectivity index (χ2n) is 9.78. The molecule has 2 heterocycles. The highest BCUT2D eigenvalue weighted by molar-refractivity contribution is 6.10. The zero-order chi connectivity index (χ0) is 25.1. The first-order valence-corrected chi connectivity index (χ1v) is 12.9. The smallest absolute Gasteiger partial charge is 0.143 e. The Kier molecular flexibility index (Phi) is 4.55. The van der Waals surface area contributed by atoms with Gasteiger partial charge in [0, 0.05) is 32.8 Å². The molecule has 0 aliphatic heterocycles. The van der Waals surface area contributed by atoms with E-state index in [1.807, 2.05) is 12.1 Å². The van der Waals surface area contributed by atoms with Crippen molar-refractivity contribution >= 4 is 43.7 Å². The van der Waals surface area contributed by atoms with Gasteiger partial charge in [-0.15, -0.1) is 0 Å². The molecule has 6 aromatic carbocycles. The van der Waals surface area contributed by atoms with Gasteiger partial charge in [-0.25, -0.2) is 0 Å². The normalized spacial score (nSPS) is 11.7. The number of fused-ring (bicyclic) bond motifs is 6. The number of furan rings is 1. The quantitative estimate of drug-likeness (QED) is 0.243. The molecule has 0 N–H and O–H groups in total. The molecule has 2 heteroatoms. The molecule has 0 spiro atoms. The van der Waals surface area contributed by atoms with Gasteiger partial charge < -0.3 is 8.98 Å². The zero-order valence-electron chi connectivity index (χ0n) is 20.6. The van der Waals surface area contributed by atoms with Gasteiger partial charge in [0.05, 0.1) is 11.0 Å². The molecule has 0 saturated carbocycles. The van der Waals surface area contributed by atoms with Gasteiger partial charge in [-0.05, 0) is 53.1 Å². The third kappa shape index (κ3) is 3.14. The summed E-state index contributed by atoms with van der Waals surface area (Å²) in [5.41, 5.74) is 10.1. The molecule has 8 rings (SSSR count). The lowest BCUT2D eigenvalue weighted by molar-refractivity contribution is 0.670. The molecule has 8 aromatic rings. The Bertz CT molecular complexity index is 2070. The summed E-state index contributed by atoms with van der Waals surface area (Å²) >= 11 is 0. The predicted molar refractivity (Wildman–Crippen MR) is 159 cm³/mol. The Balaban J connectivity index is 1.22. The first-order chi connectivity index (χ1) is 18.8. The molecule has 0 bridgehead atoms.